The minimum absolute atomic E-state index is 0.0315. The maximum absolute atomic E-state index is 11.9. The van der Waals surface area contributed by atoms with Gasteiger partial charge < -0.3 is 9.47 Å². The number of hydrogen-bond donors (Lipinski definition) is 0. The largest absolute Gasteiger partial charge is 0.496 e. The van der Waals surface area contributed by atoms with Gasteiger partial charge in [0.1, 0.15) is 11.5 Å². The monoisotopic (exact) mass is 256 g/mol. The molecule has 0 spiro atoms. The third-order valence-electron chi connectivity index (χ3n) is 2.32. The Bertz CT molecular complexity index is 377. The van der Waals surface area contributed by atoms with Crippen molar-refractivity contribution in [1.82, 2.24) is 0 Å². The molecule has 3 nitrogen and oxygen atoms in total. The van der Waals surface area contributed by atoms with Gasteiger partial charge in [-0.05, 0) is 31.5 Å². The summed E-state index contributed by atoms with van der Waals surface area (Å²) in [6.45, 7) is 2.47. The molecule has 1 aromatic rings. The molecular weight excluding hydrogens is 240 g/mol. The van der Waals surface area contributed by atoms with E-state index in [-0.39, 0.29) is 5.78 Å². The van der Waals surface area contributed by atoms with Crippen molar-refractivity contribution in [3.63, 3.8) is 0 Å². The number of halogens is 1. The van der Waals surface area contributed by atoms with Gasteiger partial charge >= 0.3 is 0 Å². The zero-order valence-corrected chi connectivity index (χ0v) is 10.9. The highest BCUT2D eigenvalue weighted by molar-refractivity contribution is 6.18. The van der Waals surface area contributed by atoms with Crippen molar-refractivity contribution in [2.24, 2.45) is 0 Å². The molecule has 0 aliphatic heterocycles. The summed E-state index contributed by atoms with van der Waals surface area (Å²) >= 11 is 5.58. The van der Waals surface area contributed by atoms with Crippen LogP contribution in [0.2, 0.25) is 0 Å². The molecule has 1 aromatic carbocycles. The Labute approximate surface area is 107 Å². The fourth-order valence-corrected chi connectivity index (χ4v) is 1.66. The quantitative estimate of drug-likeness (QED) is 0.555. The first kappa shape index (κ1) is 13.8. The number of carbonyl (C=O) groups is 1. The fourth-order valence-electron chi connectivity index (χ4n) is 1.52. The average Bonchev–Trinajstić information content (AvgIpc) is 2.36. The first-order chi connectivity index (χ1) is 8.22. The lowest BCUT2D eigenvalue weighted by atomic mass is 10.1. The van der Waals surface area contributed by atoms with Gasteiger partial charge in [-0.25, -0.2) is 0 Å². The molecule has 0 atom stereocenters. The number of carbonyl (C=O) groups excluding carboxylic acids is 1. The van der Waals surface area contributed by atoms with Gasteiger partial charge in [-0.3, -0.25) is 4.79 Å². The van der Waals surface area contributed by atoms with Crippen LogP contribution in [0.25, 0.3) is 0 Å². The van der Waals surface area contributed by atoms with Crippen LogP contribution in [-0.4, -0.2) is 25.4 Å². The predicted octanol–water partition coefficient (Wildman–Crippen LogP) is 3.30. The van der Waals surface area contributed by atoms with Crippen LogP contribution in [0.5, 0.6) is 11.5 Å². The summed E-state index contributed by atoms with van der Waals surface area (Å²) in [7, 11) is 1.55. The fraction of sp³-hybridized carbons (Fsp3) is 0.462. The maximum Gasteiger partial charge on any atom is 0.166 e. The summed E-state index contributed by atoms with van der Waals surface area (Å²) in [5, 5.41) is 0. The molecule has 0 bridgehead atoms. The molecule has 0 N–H and O–H groups in total. The lowest BCUT2D eigenvalue weighted by Gasteiger charge is -2.10. The van der Waals surface area contributed by atoms with Gasteiger partial charge in [0.05, 0.1) is 19.3 Å². The summed E-state index contributed by atoms with van der Waals surface area (Å²) in [5.74, 6) is 1.78. The molecule has 0 heterocycles. The van der Waals surface area contributed by atoms with Crippen molar-refractivity contribution in [1.29, 1.82) is 0 Å². The van der Waals surface area contributed by atoms with Crippen LogP contribution in [0.3, 0.4) is 0 Å². The molecule has 0 aliphatic rings. The topological polar surface area (TPSA) is 35.5 Å². The molecule has 1 rings (SSSR count). The Morgan fingerprint density at radius 2 is 2.18 bits per heavy atom. The van der Waals surface area contributed by atoms with Crippen LogP contribution in [-0.2, 0) is 0 Å². The van der Waals surface area contributed by atoms with E-state index < -0.39 is 0 Å². The van der Waals surface area contributed by atoms with E-state index in [4.69, 9.17) is 21.1 Å². The van der Waals surface area contributed by atoms with E-state index in [1.165, 1.54) is 0 Å². The minimum Gasteiger partial charge on any atom is -0.496 e. The Morgan fingerprint density at radius 1 is 1.41 bits per heavy atom. The predicted molar refractivity (Wildman–Crippen MR) is 68.4 cm³/mol. The Balaban J connectivity index is 2.92. The van der Waals surface area contributed by atoms with Crippen molar-refractivity contribution >= 4 is 17.4 Å². The first-order valence-corrected chi connectivity index (χ1v) is 6.16. The first-order valence-electron chi connectivity index (χ1n) is 5.63. The number of Topliss-reactive ketones (excluding diaryl/α,β-unsaturated/α-hetero) is 1. The molecule has 0 amide bonds. The summed E-state index contributed by atoms with van der Waals surface area (Å²) in [6.07, 6.45) is 1.10. The van der Waals surface area contributed by atoms with Gasteiger partial charge in [0, 0.05) is 12.3 Å². The maximum atomic E-state index is 11.9. The average molecular weight is 257 g/mol. The summed E-state index contributed by atoms with van der Waals surface area (Å²) in [6, 6.07) is 5.26. The number of hydrogen-bond acceptors (Lipinski definition) is 3. The van der Waals surface area contributed by atoms with E-state index in [2.05, 4.69) is 0 Å². The van der Waals surface area contributed by atoms with E-state index in [1.807, 2.05) is 6.92 Å². The van der Waals surface area contributed by atoms with Crippen LogP contribution in [0.4, 0.5) is 0 Å². The van der Waals surface area contributed by atoms with E-state index in [0.717, 1.165) is 0 Å². The Kier molecular flexibility index (Phi) is 5.84. The van der Waals surface area contributed by atoms with E-state index in [1.54, 1.807) is 25.3 Å². The van der Waals surface area contributed by atoms with E-state index >= 15 is 0 Å². The number of rotatable bonds is 7. The lowest BCUT2D eigenvalue weighted by Crippen LogP contribution is -2.03. The van der Waals surface area contributed by atoms with Gasteiger partial charge in [0.15, 0.2) is 5.78 Å². The molecule has 0 saturated heterocycles. The van der Waals surface area contributed by atoms with Gasteiger partial charge in [-0.2, -0.15) is 0 Å². The van der Waals surface area contributed by atoms with Crippen molar-refractivity contribution in [3.05, 3.63) is 23.8 Å². The zero-order valence-electron chi connectivity index (χ0n) is 10.2. The minimum atomic E-state index is 0.0315. The highest BCUT2D eigenvalue weighted by Crippen LogP contribution is 2.25. The SMILES string of the molecule is CCOc1ccc(OC)c(C(=O)CCCCl)c1. The second kappa shape index (κ2) is 7.17. The third-order valence-corrected chi connectivity index (χ3v) is 2.59. The molecule has 4 heteroatoms. The number of ketones is 1. The van der Waals surface area contributed by atoms with Crippen LogP contribution < -0.4 is 9.47 Å². The van der Waals surface area contributed by atoms with Gasteiger partial charge in [-0.15, -0.1) is 11.6 Å². The van der Waals surface area contributed by atoms with Crippen LogP contribution in [0, 0.1) is 0 Å². The van der Waals surface area contributed by atoms with Crippen LogP contribution >= 0.6 is 11.6 Å². The molecule has 94 valence electrons. The van der Waals surface area contributed by atoms with Crippen molar-refractivity contribution < 1.29 is 14.3 Å². The van der Waals surface area contributed by atoms with E-state index in [9.17, 15) is 4.79 Å². The third kappa shape index (κ3) is 3.93. The lowest BCUT2D eigenvalue weighted by molar-refractivity contribution is 0.0978. The molecular formula is C13H17ClO3. The number of alkyl halides is 1. The normalized spacial score (nSPS) is 10.1. The van der Waals surface area contributed by atoms with Crippen molar-refractivity contribution in [2.45, 2.75) is 19.8 Å². The molecule has 0 unspecified atom stereocenters. The standard InChI is InChI=1S/C13H17ClO3/c1-3-17-10-6-7-13(16-2)11(9-10)12(15)5-4-8-14/h6-7,9H,3-5,8H2,1-2H3. The molecule has 0 aliphatic carbocycles. The number of ether oxygens (including phenoxy) is 2. The second-order valence-corrected chi connectivity index (χ2v) is 3.89. The van der Waals surface area contributed by atoms with Gasteiger partial charge in [0.2, 0.25) is 0 Å². The smallest absolute Gasteiger partial charge is 0.166 e. The Morgan fingerprint density at radius 3 is 2.76 bits per heavy atom. The molecule has 0 aromatic heterocycles. The van der Waals surface area contributed by atoms with Crippen molar-refractivity contribution in [2.75, 3.05) is 19.6 Å². The number of methoxy groups -OCH3 is 1. The Hall–Kier alpha value is -1.22. The molecule has 0 saturated carbocycles. The second-order valence-electron chi connectivity index (χ2n) is 3.51. The summed E-state index contributed by atoms with van der Waals surface area (Å²) < 4.78 is 10.5. The summed E-state index contributed by atoms with van der Waals surface area (Å²) in [4.78, 5) is 11.9. The summed E-state index contributed by atoms with van der Waals surface area (Å²) in [5.41, 5.74) is 0.559. The van der Waals surface area contributed by atoms with Crippen LogP contribution in [0.15, 0.2) is 18.2 Å². The van der Waals surface area contributed by atoms with E-state index in [0.29, 0.717) is 42.4 Å². The highest BCUT2D eigenvalue weighted by atomic mass is 35.5. The molecule has 0 radical (unpaired) electrons. The van der Waals surface area contributed by atoms with Gasteiger partial charge in [0.25, 0.3) is 0 Å². The molecule has 0 fully saturated rings. The zero-order chi connectivity index (χ0) is 12.7. The highest BCUT2D eigenvalue weighted by Gasteiger charge is 2.13. The van der Waals surface area contributed by atoms with Gasteiger partial charge in [-0.1, -0.05) is 0 Å². The van der Waals surface area contributed by atoms with Crippen molar-refractivity contribution in [3.8, 4) is 11.5 Å². The number of benzene rings is 1. The van der Waals surface area contributed by atoms with Crippen LogP contribution in [0.1, 0.15) is 30.1 Å². The molecule has 17 heavy (non-hydrogen) atoms.